The molecule has 6 nitrogen and oxygen atoms in total. The van der Waals surface area contributed by atoms with Gasteiger partial charge in [-0.2, -0.15) is 0 Å². The van der Waals surface area contributed by atoms with Crippen LogP contribution in [0.3, 0.4) is 0 Å². The molecule has 1 aliphatic heterocycles. The van der Waals surface area contributed by atoms with Crippen molar-refractivity contribution in [2.45, 2.75) is 30.4 Å². The minimum atomic E-state index is -3.86. The third-order valence-corrected chi connectivity index (χ3v) is 8.00. The lowest BCUT2D eigenvalue weighted by Gasteiger charge is -2.14. The van der Waals surface area contributed by atoms with Gasteiger partial charge < -0.3 is 5.11 Å². The number of hydrogen-bond acceptors (Lipinski definition) is 5. The summed E-state index contributed by atoms with van der Waals surface area (Å²) in [5.74, 6) is -1.75. The van der Waals surface area contributed by atoms with Crippen LogP contribution in [0.2, 0.25) is 0 Å². The molecule has 0 aliphatic carbocycles. The summed E-state index contributed by atoms with van der Waals surface area (Å²) in [5, 5.41) is 8.11. The van der Waals surface area contributed by atoms with Crippen molar-refractivity contribution < 1.29 is 26.7 Å². The first-order chi connectivity index (χ1) is 9.54. The Bertz CT molecular complexity index is 805. The van der Waals surface area contributed by atoms with Gasteiger partial charge in [0.1, 0.15) is 0 Å². The zero-order chi connectivity index (χ0) is 16.0. The standard InChI is InChI=1S/C13H16O6S2/c1-8-5-9(2)12(6-11(8)13(14)15)21(18,19)10-3-4-20(16,17)7-10/h5-6,10H,3-4,7H2,1-2H3,(H,14,15). The van der Waals surface area contributed by atoms with Crippen molar-refractivity contribution in [3.63, 3.8) is 0 Å². The van der Waals surface area contributed by atoms with E-state index in [1.165, 1.54) is 6.07 Å². The normalized spacial score (nSPS) is 21.3. The molecule has 1 heterocycles. The Balaban J connectivity index is 2.55. The van der Waals surface area contributed by atoms with Crippen LogP contribution in [0.15, 0.2) is 17.0 Å². The quantitative estimate of drug-likeness (QED) is 0.884. The zero-order valence-electron chi connectivity index (χ0n) is 11.7. The fourth-order valence-corrected chi connectivity index (χ4v) is 7.16. The van der Waals surface area contributed by atoms with E-state index < -0.39 is 36.6 Å². The monoisotopic (exact) mass is 332 g/mol. The molecule has 0 spiro atoms. The number of carbonyl (C=O) groups is 1. The van der Waals surface area contributed by atoms with Crippen molar-refractivity contribution in [2.75, 3.05) is 11.5 Å². The number of sulfone groups is 2. The highest BCUT2D eigenvalue weighted by Crippen LogP contribution is 2.29. The van der Waals surface area contributed by atoms with Gasteiger partial charge in [-0.15, -0.1) is 0 Å². The van der Waals surface area contributed by atoms with E-state index in [0.29, 0.717) is 11.1 Å². The van der Waals surface area contributed by atoms with Crippen molar-refractivity contribution in [3.05, 3.63) is 28.8 Å². The fraction of sp³-hybridized carbons (Fsp3) is 0.462. The Kier molecular flexibility index (Phi) is 3.88. The summed E-state index contributed by atoms with van der Waals surface area (Å²) in [7, 11) is -7.19. The van der Waals surface area contributed by atoms with Crippen LogP contribution in [0.1, 0.15) is 27.9 Å². The molecule has 1 aromatic rings. The van der Waals surface area contributed by atoms with E-state index in [-0.39, 0.29) is 22.6 Å². The highest BCUT2D eigenvalue weighted by Gasteiger charge is 2.39. The van der Waals surface area contributed by atoms with E-state index in [1.54, 1.807) is 13.8 Å². The minimum Gasteiger partial charge on any atom is -0.478 e. The third-order valence-electron chi connectivity index (χ3n) is 3.69. The number of aromatic carboxylic acids is 1. The van der Waals surface area contributed by atoms with Crippen LogP contribution < -0.4 is 0 Å². The topological polar surface area (TPSA) is 106 Å². The van der Waals surface area contributed by atoms with Crippen molar-refractivity contribution in [1.29, 1.82) is 0 Å². The van der Waals surface area contributed by atoms with Gasteiger partial charge in [-0.05, 0) is 37.5 Å². The summed E-state index contributed by atoms with van der Waals surface area (Å²) < 4.78 is 48.1. The van der Waals surface area contributed by atoms with Crippen molar-refractivity contribution in [3.8, 4) is 0 Å². The Morgan fingerprint density at radius 3 is 2.33 bits per heavy atom. The highest BCUT2D eigenvalue weighted by molar-refractivity contribution is 7.96. The summed E-state index contributed by atoms with van der Waals surface area (Å²) in [4.78, 5) is 11.1. The summed E-state index contributed by atoms with van der Waals surface area (Å²) in [5.41, 5.74) is 0.819. The lowest BCUT2D eigenvalue weighted by molar-refractivity contribution is 0.0696. The van der Waals surface area contributed by atoms with Crippen molar-refractivity contribution in [2.24, 2.45) is 0 Å². The van der Waals surface area contributed by atoms with Crippen LogP contribution in [-0.2, 0) is 19.7 Å². The molecule has 1 aliphatic rings. The summed E-state index contributed by atoms with van der Waals surface area (Å²) >= 11 is 0. The van der Waals surface area contributed by atoms with Gasteiger partial charge in [-0.25, -0.2) is 21.6 Å². The summed E-state index contributed by atoms with van der Waals surface area (Å²) in [6, 6.07) is 2.63. The van der Waals surface area contributed by atoms with Gasteiger partial charge in [0, 0.05) is 0 Å². The maximum Gasteiger partial charge on any atom is 0.335 e. The first-order valence-electron chi connectivity index (χ1n) is 6.33. The molecule has 1 aromatic carbocycles. The summed E-state index contributed by atoms with van der Waals surface area (Å²) in [6.07, 6.45) is 0.0559. The van der Waals surface area contributed by atoms with Gasteiger partial charge in [0.25, 0.3) is 0 Å². The Morgan fingerprint density at radius 2 is 1.86 bits per heavy atom. The molecule has 0 bridgehead atoms. The SMILES string of the molecule is Cc1cc(C)c(S(=O)(=O)C2CCS(=O)(=O)C2)cc1C(=O)O. The van der Waals surface area contributed by atoms with E-state index in [0.717, 1.165) is 6.07 Å². The molecule has 8 heteroatoms. The van der Waals surface area contributed by atoms with Gasteiger partial charge in [0.2, 0.25) is 0 Å². The third kappa shape index (κ3) is 2.96. The molecule has 1 atom stereocenters. The molecule has 0 amide bonds. The average Bonchev–Trinajstić information content (AvgIpc) is 2.69. The molecule has 2 rings (SSSR count). The molecule has 0 saturated carbocycles. The lowest BCUT2D eigenvalue weighted by atomic mass is 10.1. The van der Waals surface area contributed by atoms with Crippen molar-refractivity contribution >= 4 is 25.6 Å². The van der Waals surface area contributed by atoms with Gasteiger partial charge in [-0.1, -0.05) is 6.07 Å². The van der Waals surface area contributed by atoms with Gasteiger partial charge in [-0.3, -0.25) is 0 Å². The second kappa shape index (κ2) is 5.10. The maximum absolute atomic E-state index is 12.6. The number of carboxylic acid groups (broad SMARTS) is 1. The number of benzene rings is 1. The first kappa shape index (κ1) is 16.0. The molecule has 1 N–H and O–H groups in total. The van der Waals surface area contributed by atoms with E-state index in [4.69, 9.17) is 5.11 Å². The molecule has 1 unspecified atom stereocenters. The predicted octanol–water partition coefficient (Wildman–Crippen LogP) is 0.962. The Labute approximate surface area is 123 Å². The van der Waals surface area contributed by atoms with Gasteiger partial charge >= 0.3 is 5.97 Å². The smallest absolute Gasteiger partial charge is 0.335 e. The Morgan fingerprint density at radius 1 is 1.24 bits per heavy atom. The predicted molar refractivity (Wildman–Crippen MR) is 77.1 cm³/mol. The van der Waals surface area contributed by atoms with Crippen LogP contribution in [0.25, 0.3) is 0 Å². The van der Waals surface area contributed by atoms with E-state index in [2.05, 4.69) is 0 Å². The number of carboxylic acids is 1. The number of rotatable bonds is 3. The molecule has 0 radical (unpaired) electrons. The Hall–Kier alpha value is -1.41. The van der Waals surface area contributed by atoms with E-state index in [1.807, 2.05) is 0 Å². The number of hydrogen-bond donors (Lipinski definition) is 1. The van der Waals surface area contributed by atoms with Crippen LogP contribution >= 0.6 is 0 Å². The van der Waals surface area contributed by atoms with E-state index in [9.17, 15) is 21.6 Å². The molecule has 1 fully saturated rings. The highest BCUT2D eigenvalue weighted by atomic mass is 32.2. The largest absolute Gasteiger partial charge is 0.478 e. The van der Waals surface area contributed by atoms with Crippen LogP contribution in [-0.4, -0.2) is 44.7 Å². The minimum absolute atomic E-state index is 0.0559. The number of aryl methyl sites for hydroxylation is 2. The lowest BCUT2D eigenvalue weighted by Crippen LogP contribution is -2.24. The average molecular weight is 332 g/mol. The maximum atomic E-state index is 12.6. The summed E-state index contributed by atoms with van der Waals surface area (Å²) in [6.45, 7) is 3.17. The molecular weight excluding hydrogens is 316 g/mol. The molecular formula is C13H16O6S2. The van der Waals surface area contributed by atoms with Crippen LogP contribution in [0.5, 0.6) is 0 Å². The van der Waals surface area contributed by atoms with Crippen LogP contribution in [0.4, 0.5) is 0 Å². The second-order valence-corrected chi connectivity index (χ2v) is 9.73. The van der Waals surface area contributed by atoms with Crippen molar-refractivity contribution in [1.82, 2.24) is 0 Å². The molecule has 21 heavy (non-hydrogen) atoms. The fourth-order valence-electron chi connectivity index (χ4n) is 2.55. The van der Waals surface area contributed by atoms with Gasteiger partial charge in [0.15, 0.2) is 19.7 Å². The van der Waals surface area contributed by atoms with Gasteiger partial charge in [0.05, 0.1) is 27.2 Å². The zero-order valence-corrected chi connectivity index (χ0v) is 13.3. The molecule has 116 valence electrons. The van der Waals surface area contributed by atoms with Crippen LogP contribution in [0, 0.1) is 13.8 Å². The van der Waals surface area contributed by atoms with E-state index >= 15 is 0 Å². The second-order valence-electron chi connectivity index (χ2n) is 5.31. The first-order valence-corrected chi connectivity index (χ1v) is 9.70. The molecule has 1 saturated heterocycles. The molecule has 0 aromatic heterocycles.